The van der Waals surface area contributed by atoms with E-state index in [-0.39, 0.29) is 12.5 Å². The number of carbonyl (C=O) groups is 2. The van der Waals surface area contributed by atoms with Crippen molar-refractivity contribution in [2.45, 2.75) is 26.4 Å². The molecule has 1 N–H and O–H groups in total. The van der Waals surface area contributed by atoms with Crippen molar-refractivity contribution < 1.29 is 18.7 Å². The van der Waals surface area contributed by atoms with E-state index in [1.165, 1.54) is 23.3 Å². The zero-order valence-corrected chi connectivity index (χ0v) is 14.3. The number of ether oxygens (including phenoxy) is 1. The van der Waals surface area contributed by atoms with Crippen molar-refractivity contribution in [2.24, 2.45) is 0 Å². The van der Waals surface area contributed by atoms with E-state index >= 15 is 0 Å². The molecule has 0 aliphatic heterocycles. The fourth-order valence-electron chi connectivity index (χ4n) is 1.65. The van der Waals surface area contributed by atoms with Crippen LogP contribution in [0.3, 0.4) is 0 Å². The van der Waals surface area contributed by atoms with Crippen LogP contribution in [-0.4, -0.2) is 41.1 Å². The normalized spacial score (nSPS) is 11.1. The lowest BCUT2D eigenvalue weighted by Gasteiger charge is -2.24. The fraction of sp³-hybridized carbons (Fsp3) is 0.400. The quantitative estimate of drug-likeness (QED) is 0.926. The molecule has 2 amide bonds. The second-order valence-electron chi connectivity index (χ2n) is 5.90. The molecule has 2 aromatic heterocycles. The minimum absolute atomic E-state index is 0.120. The first-order valence-corrected chi connectivity index (χ1v) is 7.86. The molecule has 8 heteroatoms. The highest BCUT2D eigenvalue weighted by atomic mass is 32.1. The summed E-state index contributed by atoms with van der Waals surface area (Å²) in [5, 5.41) is 4.88. The molecule has 0 bridgehead atoms. The summed E-state index contributed by atoms with van der Waals surface area (Å²) >= 11 is 1.28. The highest BCUT2D eigenvalue weighted by molar-refractivity contribution is 7.14. The van der Waals surface area contributed by atoms with Gasteiger partial charge in [-0.1, -0.05) is 0 Å². The molecule has 0 aliphatic rings. The van der Waals surface area contributed by atoms with Crippen molar-refractivity contribution in [3.63, 3.8) is 0 Å². The molecular formula is C15H19N3O4S. The van der Waals surface area contributed by atoms with Crippen LogP contribution in [0.25, 0.3) is 11.5 Å². The molecule has 124 valence electrons. The fourth-order valence-corrected chi connectivity index (χ4v) is 2.36. The lowest BCUT2D eigenvalue weighted by Crippen LogP contribution is -2.38. The van der Waals surface area contributed by atoms with Gasteiger partial charge in [0.1, 0.15) is 17.8 Å². The third kappa shape index (κ3) is 5.10. The van der Waals surface area contributed by atoms with Gasteiger partial charge in [0, 0.05) is 12.4 Å². The van der Waals surface area contributed by atoms with Crippen LogP contribution in [-0.2, 0) is 9.53 Å². The first-order chi connectivity index (χ1) is 10.7. The summed E-state index contributed by atoms with van der Waals surface area (Å²) in [6.45, 7) is 5.18. The summed E-state index contributed by atoms with van der Waals surface area (Å²) in [6, 6.07) is 3.56. The number of thiazole rings is 1. The Balaban J connectivity index is 1.88. The van der Waals surface area contributed by atoms with Crippen LogP contribution in [0.15, 0.2) is 28.2 Å². The molecular weight excluding hydrogens is 318 g/mol. The molecule has 0 saturated carbocycles. The maximum absolute atomic E-state index is 12.0. The summed E-state index contributed by atoms with van der Waals surface area (Å²) in [5.74, 6) is 0.284. The predicted molar refractivity (Wildman–Crippen MR) is 87.3 cm³/mol. The van der Waals surface area contributed by atoms with E-state index < -0.39 is 11.7 Å². The lowest BCUT2D eigenvalue weighted by molar-refractivity contribution is -0.117. The van der Waals surface area contributed by atoms with E-state index in [0.29, 0.717) is 16.6 Å². The topological polar surface area (TPSA) is 84.7 Å². The van der Waals surface area contributed by atoms with Crippen LogP contribution in [0.4, 0.5) is 9.93 Å². The van der Waals surface area contributed by atoms with Crippen molar-refractivity contribution in [3.05, 3.63) is 23.8 Å². The van der Waals surface area contributed by atoms with Crippen LogP contribution in [0.1, 0.15) is 20.8 Å². The minimum atomic E-state index is -0.602. The molecule has 2 heterocycles. The third-order valence-electron chi connectivity index (χ3n) is 2.61. The van der Waals surface area contributed by atoms with Crippen molar-refractivity contribution in [3.8, 4) is 11.5 Å². The molecule has 2 rings (SSSR count). The number of likely N-dealkylation sites (N-methyl/N-ethyl adjacent to an activating group) is 1. The number of nitrogens with one attached hydrogen (secondary N) is 1. The number of hydrogen-bond acceptors (Lipinski definition) is 6. The van der Waals surface area contributed by atoms with E-state index in [2.05, 4.69) is 10.3 Å². The molecule has 2 aromatic rings. The number of amides is 2. The molecule has 0 fully saturated rings. The molecule has 0 radical (unpaired) electrons. The van der Waals surface area contributed by atoms with Gasteiger partial charge in [-0.15, -0.1) is 11.3 Å². The summed E-state index contributed by atoms with van der Waals surface area (Å²) in [4.78, 5) is 29.2. The molecule has 0 saturated heterocycles. The van der Waals surface area contributed by atoms with Gasteiger partial charge < -0.3 is 19.4 Å². The van der Waals surface area contributed by atoms with E-state index in [1.54, 1.807) is 44.5 Å². The number of hydrogen-bond donors (Lipinski definition) is 1. The zero-order chi connectivity index (χ0) is 17.0. The Morgan fingerprint density at radius 3 is 2.78 bits per heavy atom. The summed E-state index contributed by atoms with van der Waals surface area (Å²) in [7, 11) is 1.50. The van der Waals surface area contributed by atoms with Gasteiger partial charge in [0.2, 0.25) is 5.91 Å². The van der Waals surface area contributed by atoms with Gasteiger partial charge in [-0.05, 0) is 32.9 Å². The summed E-state index contributed by atoms with van der Waals surface area (Å²) in [5.41, 5.74) is 0.0468. The maximum Gasteiger partial charge on any atom is 0.410 e. The molecule has 0 aliphatic carbocycles. The van der Waals surface area contributed by atoms with Gasteiger partial charge in [0.15, 0.2) is 10.9 Å². The summed E-state index contributed by atoms with van der Waals surface area (Å²) < 4.78 is 10.4. The Labute approximate surface area is 138 Å². The Kier molecular flexibility index (Phi) is 5.05. The Morgan fingerprint density at radius 1 is 1.43 bits per heavy atom. The lowest BCUT2D eigenvalue weighted by atomic mass is 10.2. The molecule has 0 unspecified atom stereocenters. The van der Waals surface area contributed by atoms with E-state index in [9.17, 15) is 9.59 Å². The van der Waals surface area contributed by atoms with Crippen molar-refractivity contribution in [2.75, 3.05) is 18.9 Å². The number of anilines is 1. The Bertz CT molecular complexity index is 673. The Morgan fingerprint density at radius 2 is 2.17 bits per heavy atom. The zero-order valence-electron chi connectivity index (χ0n) is 13.5. The first-order valence-electron chi connectivity index (χ1n) is 6.98. The predicted octanol–water partition coefficient (Wildman–Crippen LogP) is 3.21. The van der Waals surface area contributed by atoms with Gasteiger partial charge in [-0.2, -0.15) is 0 Å². The Hall–Kier alpha value is -2.35. The molecule has 0 spiro atoms. The highest BCUT2D eigenvalue weighted by Crippen LogP contribution is 2.24. The maximum atomic E-state index is 12.0. The minimum Gasteiger partial charge on any atom is -0.463 e. The van der Waals surface area contributed by atoms with Crippen LogP contribution in [0.5, 0.6) is 0 Å². The smallest absolute Gasteiger partial charge is 0.410 e. The SMILES string of the molecule is CN(CC(=O)Nc1nc(-c2ccco2)cs1)C(=O)OC(C)(C)C. The second kappa shape index (κ2) is 6.82. The number of furan rings is 1. The van der Waals surface area contributed by atoms with Crippen LogP contribution in [0.2, 0.25) is 0 Å². The van der Waals surface area contributed by atoms with Crippen molar-refractivity contribution in [1.82, 2.24) is 9.88 Å². The largest absolute Gasteiger partial charge is 0.463 e. The molecule has 0 atom stereocenters. The molecule has 7 nitrogen and oxygen atoms in total. The van der Waals surface area contributed by atoms with E-state index in [1.807, 2.05) is 0 Å². The molecule has 0 aromatic carbocycles. The van der Waals surface area contributed by atoms with Crippen molar-refractivity contribution in [1.29, 1.82) is 0 Å². The molecule has 23 heavy (non-hydrogen) atoms. The number of nitrogens with zero attached hydrogens (tertiary/aromatic N) is 2. The standard InChI is InChI=1S/C15H19N3O4S/c1-15(2,3)22-14(20)18(4)8-12(19)17-13-16-10(9-23-13)11-6-5-7-21-11/h5-7,9H,8H2,1-4H3,(H,16,17,19). The summed E-state index contributed by atoms with van der Waals surface area (Å²) in [6.07, 6.45) is 1.01. The van der Waals surface area contributed by atoms with Gasteiger partial charge in [0.25, 0.3) is 0 Å². The average molecular weight is 337 g/mol. The monoisotopic (exact) mass is 337 g/mol. The van der Waals surface area contributed by atoms with E-state index in [4.69, 9.17) is 9.15 Å². The number of rotatable bonds is 4. The van der Waals surface area contributed by atoms with Gasteiger partial charge >= 0.3 is 6.09 Å². The first kappa shape index (κ1) is 17.0. The number of carbonyl (C=O) groups excluding carboxylic acids is 2. The van der Waals surface area contributed by atoms with Crippen LogP contribution < -0.4 is 5.32 Å². The third-order valence-corrected chi connectivity index (χ3v) is 3.37. The van der Waals surface area contributed by atoms with Gasteiger partial charge in [0.05, 0.1) is 6.26 Å². The van der Waals surface area contributed by atoms with Crippen LogP contribution >= 0.6 is 11.3 Å². The highest BCUT2D eigenvalue weighted by Gasteiger charge is 2.21. The average Bonchev–Trinajstić information content (AvgIpc) is 3.06. The number of aromatic nitrogens is 1. The van der Waals surface area contributed by atoms with Gasteiger partial charge in [-0.25, -0.2) is 9.78 Å². The van der Waals surface area contributed by atoms with Gasteiger partial charge in [-0.3, -0.25) is 4.79 Å². The van der Waals surface area contributed by atoms with E-state index in [0.717, 1.165) is 0 Å². The van der Waals surface area contributed by atoms with Crippen molar-refractivity contribution >= 4 is 28.5 Å². The second-order valence-corrected chi connectivity index (χ2v) is 6.76. The van der Waals surface area contributed by atoms with Crippen LogP contribution in [0, 0.1) is 0 Å².